The van der Waals surface area contributed by atoms with Gasteiger partial charge in [0.15, 0.2) is 0 Å². The van der Waals surface area contributed by atoms with E-state index >= 15 is 0 Å². The summed E-state index contributed by atoms with van der Waals surface area (Å²) < 4.78 is 38.1. The molecule has 0 unspecified atom stereocenters. The first kappa shape index (κ1) is 22.3. The van der Waals surface area contributed by atoms with Crippen LogP contribution in [0.1, 0.15) is 25.3 Å². The van der Waals surface area contributed by atoms with E-state index in [1.807, 2.05) is 24.3 Å². The Hall–Kier alpha value is -0.744. The summed E-state index contributed by atoms with van der Waals surface area (Å²) in [5.41, 5.74) is 4.24. The van der Waals surface area contributed by atoms with E-state index in [0.717, 1.165) is 24.2 Å². The number of rotatable bonds is 8. The third-order valence-corrected chi connectivity index (χ3v) is 4.05. The van der Waals surface area contributed by atoms with Crippen molar-refractivity contribution in [2.75, 3.05) is 12.0 Å². The topological polar surface area (TPSA) is 90.8 Å². The second kappa shape index (κ2) is 11.1. The number of hydrazone groups is 1. The molecule has 6 nitrogen and oxygen atoms in total. The van der Waals surface area contributed by atoms with Gasteiger partial charge in [-0.25, -0.2) is 8.42 Å². The molecule has 0 fully saturated rings. The van der Waals surface area contributed by atoms with Crippen LogP contribution in [0.4, 0.5) is 5.69 Å². The van der Waals surface area contributed by atoms with Crippen molar-refractivity contribution in [1.82, 2.24) is 0 Å². The van der Waals surface area contributed by atoms with E-state index in [1.165, 1.54) is 24.3 Å². The molecular weight excluding hydrogens is 367 g/mol. The molecule has 8 heteroatoms. The van der Waals surface area contributed by atoms with Gasteiger partial charge >= 0.3 is 51.4 Å². The van der Waals surface area contributed by atoms with Crippen molar-refractivity contribution in [2.24, 2.45) is 5.10 Å². The van der Waals surface area contributed by atoms with E-state index in [9.17, 15) is 13.0 Å². The van der Waals surface area contributed by atoms with Crippen LogP contribution in [0.3, 0.4) is 0 Å². The van der Waals surface area contributed by atoms with E-state index in [1.54, 1.807) is 6.21 Å². The number of nitrogens with zero attached hydrogens (tertiary/aromatic N) is 1. The fourth-order valence-electron chi connectivity index (χ4n) is 1.86. The minimum Gasteiger partial charge on any atom is -0.744 e. The molecule has 0 spiro atoms. The van der Waals surface area contributed by atoms with Gasteiger partial charge in [0.2, 0.25) is 0 Å². The van der Waals surface area contributed by atoms with Gasteiger partial charge in [0.1, 0.15) is 15.9 Å². The summed E-state index contributed by atoms with van der Waals surface area (Å²) in [7, 11) is -4.42. The molecule has 0 aliphatic rings. The Morgan fingerprint density at radius 3 is 2.32 bits per heavy atom. The van der Waals surface area contributed by atoms with Gasteiger partial charge in [-0.1, -0.05) is 13.3 Å². The van der Waals surface area contributed by atoms with Crippen molar-refractivity contribution in [3.05, 3.63) is 54.1 Å². The Morgan fingerprint density at radius 2 is 1.76 bits per heavy atom. The molecule has 0 aliphatic heterocycles. The molecule has 0 bridgehead atoms. The fraction of sp³-hybridized carbons (Fsp3) is 0.235. The van der Waals surface area contributed by atoms with Gasteiger partial charge in [-0.05, 0) is 60.5 Å². The number of nitrogens with one attached hydrogen (secondary N) is 1. The Balaban J connectivity index is 0.00000312. The average molecular weight is 387 g/mol. The summed E-state index contributed by atoms with van der Waals surface area (Å²) in [6.45, 7) is 2.82. The molecule has 0 aromatic heterocycles. The molecule has 0 saturated heterocycles. The van der Waals surface area contributed by atoms with Crippen LogP contribution in [0.5, 0.6) is 5.75 Å². The molecular formula is C17H19KN2O4S. The summed E-state index contributed by atoms with van der Waals surface area (Å²) in [4.78, 5) is -0.268. The zero-order valence-corrected chi connectivity index (χ0v) is 18.2. The van der Waals surface area contributed by atoms with Crippen LogP contribution in [-0.4, -0.2) is 25.8 Å². The van der Waals surface area contributed by atoms with E-state index in [4.69, 9.17) is 4.74 Å². The van der Waals surface area contributed by atoms with Crippen LogP contribution < -0.4 is 61.5 Å². The smallest absolute Gasteiger partial charge is 0.744 e. The number of benzene rings is 2. The van der Waals surface area contributed by atoms with Crippen LogP contribution in [0, 0.1) is 0 Å². The van der Waals surface area contributed by atoms with Gasteiger partial charge in [0.25, 0.3) is 0 Å². The van der Waals surface area contributed by atoms with Crippen LogP contribution >= 0.6 is 0 Å². The maximum atomic E-state index is 10.8. The number of anilines is 1. The van der Waals surface area contributed by atoms with Crippen molar-refractivity contribution in [2.45, 2.75) is 24.7 Å². The third-order valence-electron chi connectivity index (χ3n) is 3.20. The van der Waals surface area contributed by atoms with Gasteiger partial charge in [-0.2, -0.15) is 5.10 Å². The predicted molar refractivity (Wildman–Crippen MR) is 92.5 cm³/mol. The summed E-state index contributed by atoms with van der Waals surface area (Å²) in [6, 6.07) is 13.0. The maximum Gasteiger partial charge on any atom is 1.00 e. The van der Waals surface area contributed by atoms with Gasteiger partial charge < -0.3 is 9.29 Å². The number of hydrogen-bond donors (Lipinski definition) is 1. The summed E-state index contributed by atoms with van der Waals surface area (Å²) in [6.07, 6.45) is 3.76. The van der Waals surface area contributed by atoms with Crippen LogP contribution in [0.2, 0.25) is 0 Å². The maximum absolute atomic E-state index is 10.8. The first-order valence-electron chi connectivity index (χ1n) is 7.57. The van der Waals surface area contributed by atoms with Gasteiger partial charge in [-0.15, -0.1) is 0 Å². The van der Waals surface area contributed by atoms with Crippen molar-refractivity contribution in [1.29, 1.82) is 0 Å². The summed E-state index contributed by atoms with van der Waals surface area (Å²) >= 11 is 0. The molecule has 2 aromatic carbocycles. The van der Waals surface area contributed by atoms with Gasteiger partial charge in [-0.3, -0.25) is 5.43 Å². The molecule has 0 atom stereocenters. The zero-order valence-electron chi connectivity index (χ0n) is 14.3. The predicted octanol–water partition coefficient (Wildman–Crippen LogP) is 0.220. The first-order chi connectivity index (χ1) is 11.5. The van der Waals surface area contributed by atoms with Crippen LogP contribution in [0.15, 0.2) is 58.5 Å². The van der Waals surface area contributed by atoms with Crippen molar-refractivity contribution in [3.63, 3.8) is 0 Å². The molecule has 2 aromatic rings. The number of hydrogen-bond acceptors (Lipinski definition) is 6. The van der Waals surface area contributed by atoms with E-state index < -0.39 is 10.1 Å². The molecule has 2 rings (SSSR count). The van der Waals surface area contributed by atoms with E-state index in [-0.39, 0.29) is 56.3 Å². The minimum absolute atomic E-state index is 0. The Morgan fingerprint density at radius 1 is 1.12 bits per heavy atom. The van der Waals surface area contributed by atoms with Gasteiger partial charge in [0.05, 0.1) is 23.4 Å². The second-order valence-corrected chi connectivity index (χ2v) is 6.50. The van der Waals surface area contributed by atoms with Crippen LogP contribution in [0.25, 0.3) is 0 Å². The SMILES string of the molecule is CCCCOc1ccc(/C=N/Nc2ccc(S(=O)(=O)[O-])cc2)cc1.[K+]. The molecule has 0 amide bonds. The third kappa shape index (κ3) is 7.99. The Kier molecular flexibility index (Phi) is 9.88. The molecule has 0 saturated carbocycles. The Labute approximate surface area is 190 Å². The van der Waals surface area contributed by atoms with Gasteiger partial charge in [0, 0.05) is 0 Å². The quantitative estimate of drug-likeness (QED) is 0.230. The van der Waals surface area contributed by atoms with Crippen molar-refractivity contribution < 1.29 is 69.1 Å². The molecule has 0 aliphatic carbocycles. The monoisotopic (exact) mass is 386 g/mol. The van der Waals surface area contributed by atoms with Crippen LogP contribution in [-0.2, 0) is 10.1 Å². The minimum atomic E-state index is -4.42. The van der Waals surface area contributed by atoms with E-state index in [0.29, 0.717) is 12.3 Å². The fourth-order valence-corrected chi connectivity index (χ4v) is 2.33. The summed E-state index contributed by atoms with van der Waals surface area (Å²) in [5, 5.41) is 4.07. The molecule has 128 valence electrons. The molecule has 0 heterocycles. The number of ether oxygens (including phenoxy) is 1. The van der Waals surface area contributed by atoms with E-state index in [2.05, 4.69) is 17.5 Å². The molecule has 1 N–H and O–H groups in total. The molecule has 25 heavy (non-hydrogen) atoms. The largest absolute Gasteiger partial charge is 1.00 e. The summed E-state index contributed by atoms with van der Waals surface area (Å²) in [5.74, 6) is 0.822. The van der Waals surface area contributed by atoms with Crippen molar-refractivity contribution >= 4 is 22.0 Å². The average Bonchev–Trinajstić information content (AvgIpc) is 2.56. The zero-order chi connectivity index (χ0) is 17.4. The second-order valence-electron chi connectivity index (χ2n) is 5.12. The Bertz CT molecular complexity index is 775. The molecule has 0 radical (unpaired) electrons. The standard InChI is InChI=1S/C17H20N2O4S.K/c1-2-3-12-23-16-8-4-14(5-9-16)13-18-19-15-6-10-17(11-7-15)24(20,21)22;/h4-11,13,19H,2-3,12H2,1H3,(H,20,21,22);/q;+1/p-1/b18-13+;. The van der Waals surface area contributed by atoms with Crippen molar-refractivity contribution in [3.8, 4) is 5.75 Å². The normalized spacial score (nSPS) is 11.1. The first-order valence-corrected chi connectivity index (χ1v) is 8.98. The number of unbranched alkanes of at least 4 members (excludes halogenated alkanes) is 1.